The minimum Gasteiger partial charge on any atom is -0.493 e. The molecule has 1 aromatic rings. The minimum absolute atomic E-state index is 0.00114. The molecule has 6 nitrogen and oxygen atoms in total. The quantitative estimate of drug-likeness (QED) is 0.785. The first-order valence-electron chi connectivity index (χ1n) is 8.14. The van der Waals surface area contributed by atoms with Crippen LogP contribution < -0.4 is 20.1 Å². The van der Waals surface area contributed by atoms with Crippen LogP contribution in [-0.2, 0) is 11.3 Å². The molecule has 0 radical (unpaired) electrons. The van der Waals surface area contributed by atoms with Gasteiger partial charge in [-0.1, -0.05) is 6.07 Å². The Bertz CT molecular complexity index is 522. The van der Waals surface area contributed by atoms with Gasteiger partial charge in [0.1, 0.15) is 0 Å². The van der Waals surface area contributed by atoms with Gasteiger partial charge in [-0.2, -0.15) is 0 Å². The summed E-state index contributed by atoms with van der Waals surface area (Å²) >= 11 is 0. The lowest BCUT2D eigenvalue weighted by Crippen LogP contribution is -2.48. The number of carbonyl (C=O) groups is 1. The van der Waals surface area contributed by atoms with Gasteiger partial charge >= 0.3 is 0 Å². The highest BCUT2D eigenvalue weighted by atomic mass is 16.5. The van der Waals surface area contributed by atoms with E-state index in [4.69, 9.17) is 9.47 Å². The molecule has 0 aromatic heterocycles. The molecule has 0 unspecified atom stereocenters. The summed E-state index contributed by atoms with van der Waals surface area (Å²) in [6.07, 6.45) is 0. The van der Waals surface area contributed by atoms with E-state index in [0.717, 1.165) is 26.2 Å². The van der Waals surface area contributed by atoms with Gasteiger partial charge in [0, 0.05) is 38.8 Å². The second kappa shape index (κ2) is 8.74. The van der Waals surface area contributed by atoms with E-state index in [1.165, 1.54) is 5.56 Å². The molecule has 2 N–H and O–H groups in total. The average molecular weight is 321 g/mol. The molecule has 1 aliphatic rings. The highest BCUT2D eigenvalue weighted by molar-refractivity contribution is 5.77. The van der Waals surface area contributed by atoms with Crippen LogP contribution >= 0.6 is 0 Å². The molecule has 0 spiro atoms. The molecule has 1 aliphatic heterocycles. The first kappa shape index (κ1) is 17.6. The Morgan fingerprint density at radius 3 is 2.96 bits per heavy atom. The molecular weight excluding hydrogens is 294 g/mol. The van der Waals surface area contributed by atoms with Crippen molar-refractivity contribution in [1.29, 1.82) is 0 Å². The van der Waals surface area contributed by atoms with Crippen molar-refractivity contribution in [3.05, 3.63) is 23.8 Å². The van der Waals surface area contributed by atoms with E-state index in [1.54, 1.807) is 7.11 Å². The lowest BCUT2D eigenvalue weighted by molar-refractivity contribution is -0.123. The number of nitrogens with one attached hydrogen (secondary N) is 2. The van der Waals surface area contributed by atoms with E-state index >= 15 is 0 Å². The zero-order valence-corrected chi connectivity index (χ0v) is 14.2. The van der Waals surface area contributed by atoms with Crippen molar-refractivity contribution in [3.8, 4) is 11.5 Å². The molecule has 1 amide bonds. The second-order valence-electron chi connectivity index (χ2n) is 5.82. The monoisotopic (exact) mass is 321 g/mol. The van der Waals surface area contributed by atoms with E-state index in [0.29, 0.717) is 24.1 Å². The molecule has 1 fully saturated rings. The molecule has 128 valence electrons. The number of methoxy groups -OCH3 is 1. The number of rotatable bonds is 7. The molecule has 0 aliphatic carbocycles. The van der Waals surface area contributed by atoms with Crippen LogP contribution in [0.15, 0.2) is 18.2 Å². The summed E-state index contributed by atoms with van der Waals surface area (Å²) in [5.74, 6) is 1.12. The summed E-state index contributed by atoms with van der Waals surface area (Å²) in [6, 6.07) is 6.41. The van der Waals surface area contributed by atoms with Gasteiger partial charge in [0.15, 0.2) is 18.1 Å². The summed E-state index contributed by atoms with van der Waals surface area (Å²) in [5.41, 5.74) is 1.18. The number of benzene rings is 1. The van der Waals surface area contributed by atoms with E-state index in [2.05, 4.69) is 22.5 Å². The number of ether oxygens (including phenoxy) is 2. The van der Waals surface area contributed by atoms with Crippen LogP contribution in [0.25, 0.3) is 0 Å². The third-order valence-corrected chi connectivity index (χ3v) is 3.82. The summed E-state index contributed by atoms with van der Waals surface area (Å²) < 4.78 is 10.9. The van der Waals surface area contributed by atoms with Gasteiger partial charge in [-0.05, 0) is 31.5 Å². The van der Waals surface area contributed by atoms with Crippen LogP contribution in [0, 0.1) is 0 Å². The number of hydrogen-bond donors (Lipinski definition) is 2. The van der Waals surface area contributed by atoms with Crippen LogP contribution in [0.1, 0.15) is 19.4 Å². The zero-order valence-electron chi connectivity index (χ0n) is 14.2. The van der Waals surface area contributed by atoms with Crippen LogP contribution in [0.2, 0.25) is 0 Å². The SMILES string of the molecule is CCNC(=O)COc1ccc(CN2CCN[C@H](C)C2)cc1OC. The Morgan fingerprint density at radius 1 is 1.43 bits per heavy atom. The fourth-order valence-electron chi connectivity index (χ4n) is 2.74. The highest BCUT2D eigenvalue weighted by Crippen LogP contribution is 2.28. The fraction of sp³-hybridized carbons (Fsp3) is 0.588. The molecule has 0 saturated carbocycles. The van der Waals surface area contributed by atoms with E-state index in [9.17, 15) is 4.79 Å². The van der Waals surface area contributed by atoms with Gasteiger partial charge in [-0.15, -0.1) is 0 Å². The molecule has 2 rings (SSSR count). The van der Waals surface area contributed by atoms with Gasteiger partial charge in [0.05, 0.1) is 7.11 Å². The largest absolute Gasteiger partial charge is 0.493 e. The zero-order chi connectivity index (χ0) is 16.7. The first-order chi connectivity index (χ1) is 11.1. The Labute approximate surface area is 138 Å². The number of amides is 1. The van der Waals surface area contributed by atoms with Crippen LogP contribution in [0.5, 0.6) is 11.5 Å². The lowest BCUT2D eigenvalue weighted by atomic mass is 10.1. The Kier molecular flexibility index (Phi) is 6.67. The third kappa shape index (κ3) is 5.41. The van der Waals surface area contributed by atoms with Gasteiger partial charge in [0.2, 0.25) is 0 Å². The van der Waals surface area contributed by atoms with Gasteiger partial charge in [-0.25, -0.2) is 0 Å². The standard InChI is InChI=1S/C17H27N3O3/c1-4-18-17(21)12-23-15-6-5-14(9-16(15)22-3)11-20-8-7-19-13(2)10-20/h5-6,9,13,19H,4,7-8,10-12H2,1-3H3,(H,18,21)/t13-/m1/s1. The van der Waals surface area contributed by atoms with E-state index in [1.807, 2.05) is 25.1 Å². The van der Waals surface area contributed by atoms with Gasteiger partial charge in [-0.3, -0.25) is 9.69 Å². The Balaban J connectivity index is 1.96. The van der Waals surface area contributed by atoms with Gasteiger partial charge < -0.3 is 20.1 Å². The van der Waals surface area contributed by atoms with Crippen LogP contribution in [0.4, 0.5) is 0 Å². The van der Waals surface area contributed by atoms with Gasteiger partial charge in [0.25, 0.3) is 5.91 Å². The number of nitrogens with zero attached hydrogens (tertiary/aromatic N) is 1. The Hall–Kier alpha value is -1.79. The van der Waals surface area contributed by atoms with Crippen molar-refractivity contribution in [2.45, 2.75) is 26.4 Å². The smallest absolute Gasteiger partial charge is 0.257 e. The summed E-state index contributed by atoms with van der Waals surface area (Å²) in [7, 11) is 1.62. The van der Waals surface area contributed by atoms with Crippen molar-refractivity contribution < 1.29 is 14.3 Å². The number of likely N-dealkylation sites (N-methyl/N-ethyl adjacent to an activating group) is 1. The predicted octanol–water partition coefficient (Wildman–Crippen LogP) is 1.00. The molecule has 1 heterocycles. The van der Waals surface area contributed by atoms with Crippen molar-refractivity contribution in [2.24, 2.45) is 0 Å². The average Bonchev–Trinajstić information content (AvgIpc) is 2.54. The minimum atomic E-state index is -0.131. The molecule has 6 heteroatoms. The maximum atomic E-state index is 11.5. The third-order valence-electron chi connectivity index (χ3n) is 3.82. The molecule has 23 heavy (non-hydrogen) atoms. The van der Waals surface area contributed by atoms with Crippen LogP contribution in [-0.4, -0.2) is 56.7 Å². The summed E-state index contributed by atoms with van der Waals surface area (Å²) in [5, 5.41) is 6.15. The highest BCUT2D eigenvalue weighted by Gasteiger charge is 2.16. The molecule has 1 atom stereocenters. The number of carbonyl (C=O) groups excluding carboxylic acids is 1. The maximum absolute atomic E-state index is 11.5. The van der Waals surface area contributed by atoms with Crippen molar-refractivity contribution in [2.75, 3.05) is 39.9 Å². The topological polar surface area (TPSA) is 62.8 Å². The van der Waals surface area contributed by atoms with E-state index in [-0.39, 0.29) is 12.5 Å². The van der Waals surface area contributed by atoms with Crippen molar-refractivity contribution in [1.82, 2.24) is 15.5 Å². The normalized spacial score (nSPS) is 18.5. The molecule has 0 bridgehead atoms. The summed E-state index contributed by atoms with van der Waals surface area (Å²) in [6.45, 7) is 8.67. The second-order valence-corrected chi connectivity index (χ2v) is 5.82. The summed E-state index contributed by atoms with van der Waals surface area (Å²) in [4.78, 5) is 13.9. The number of hydrogen-bond acceptors (Lipinski definition) is 5. The number of piperazine rings is 1. The predicted molar refractivity (Wildman–Crippen MR) is 89.9 cm³/mol. The fourth-order valence-corrected chi connectivity index (χ4v) is 2.74. The Morgan fingerprint density at radius 2 is 2.26 bits per heavy atom. The molecule has 1 saturated heterocycles. The first-order valence-corrected chi connectivity index (χ1v) is 8.14. The van der Waals surface area contributed by atoms with Crippen molar-refractivity contribution in [3.63, 3.8) is 0 Å². The molecule has 1 aromatic carbocycles. The van der Waals surface area contributed by atoms with E-state index < -0.39 is 0 Å². The maximum Gasteiger partial charge on any atom is 0.257 e. The van der Waals surface area contributed by atoms with Crippen molar-refractivity contribution >= 4 is 5.91 Å². The lowest BCUT2D eigenvalue weighted by Gasteiger charge is -2.31. The van der Waals surface area contributed by atoms with Crippen LogP contribution in [0.3, 0.4) is 0 Å². The molecular formula is C17H27N3O3.